The quantitative estimate of drug-likeness (QED) is 0.380. The number of hydrogen-bond acceptors (Lipinski definition) is 0. The molecule has 0 amide bonds. The molecule has 0 N–H and O–H groups in total. The van der Waals surface area contributed by atoms with Gasteiger partial charge in [0.05, 0.1) is 0 Å². The van der Waals surface area contributed by atoms with Crippen molar-refractivity contribution in [2.24, 2.45) is 0 Å². The average molecular weight is 226 g/mol. The smallest absolute Gasteiger partial charge is 0.00262 e. The first-order valence-corrected chi connectivity index (χ1v) is 6.06. The Morgan fingerprint density at radius 1 is 0.667 bits per heavy atom. The third kappa shape index (κ3) is 1.26. The largest absolute Gasteiger partial charge is 0.0616 e. The molecule has 0 aliphatic rings. The van der Waals surface area contributed by atoms with Gasteiger partial charge in [0.25, 0.3) is 0 Å². The van der Waals surface area contributed by atoms with Crippen LogP contribution in [0, 0.1) is 12.1 Å². The molecule has 18 heavy (non-hydrogen) atoms. The Kier molecular flexibility index (Phi) is 1.92. The van der Waals surface area contributed by atoms with Gasteiger partial charge in [-0.3, -0.25) is 0 Å². The van der Waals surface area contributed by atoms with E-state index < -0.39 is 0 Å². The summed E-state index contributed by atoms with van der Waals surface area (Å²) < 4.78 is 0. The fourth-order valence-electron chi connectivity index (χ4n) is 2.60. The molecule has 0 aliphatic carbocycles. The highest BCUT2D eigenvalue weighted by Crippen LogP contribution is 2.30. The molecule has 0 unspecified atom stereocenters. The van der Waals surface area contributed by atoms with Gasteiger partial charge in [-0.15, -0.1) is 0 Å². The minimum Gasteiger partial charge on any atom is -0.0616 e. The summed E-state index contributed by atoms with van der Waals surface area (Å²) in [4.78, 5) is 0. The van der Waals surface area contributed by atoms with Gasteiger partial charge in [-0.25, -0.2) is 0 Å². The zero-order chi connectivity index (χ0) is 11.9. The fraction of sp³-hybridized carbons (Fsp3) is 0. The van der Waals surface area contributed by atoms with Crippen LogP contribution in [0.1, 0.15) is 0 Å². The Labute approximate surface area is 105 Å². The topological polar surface area (TPSA) is 0 Å². The van der Waals surface area contributed by atoms with Crippen molar-refractivity contribution in [1.82, 2.24) is 0 Å². The predicted molar refractivity (Wildman–Crippen MR) is 76.6 cm³/mol. The van der Waals surface area contributed by atoms with Crippen LogP contribution >= 0.6 is 0 Å². The van der Waals surface area contributed by atoms with Gasteiger partial charge >= 0.3 is 0 Å². The van der Waals surface area contributed by atoms with Crippen molar-refractivity contribution in [3.05, 3.63) is 72.8 Å². The van der Waals surface area contributed by atoms with Crippen LogP contribution in [0.4, 0.5) is 0 Å². The monoisotopic (exact) mass is 226 g/mol. The van der Waals surface area contributed by atoms with Crippen molar-refractivity contribution in [2.45, 2.75) is 0 Å². The standard InChI is InChI=1S/C18H10/c1-3-7-15-13(5-1)9-11-18-16-8-4-2-6-14(16)10-12-17(15)18/h1-7,10-12H. The van der Waals surface area contributed by atoms with Gasteiger partial charge in [0, 0.05) is 0 Å². The van der Waals surface area contributed by atoms with Crippen molar-refractivity contribution in [1.29, 1.82) is 0 Å². The molecule has 0 atom stereocenters. The van der Waals surface area contributed by atoms with Gasteiger partial charge in [0.1, 0.15) is 0 Å². The van der Waals surface area contributed by atoms with Crippen molar-refractivity contribution < 1.29 is 0 Å². The number of hydrogen-bond donors (Lipinski definition) is 0. The van der Waals surface area contributed by atoms with Crippen LogP contribution in [0.2, 0.25) is 0 Å². The second-order valence-electron chi connectivity index (χ2n) is 4.50. The molecule has 0 fully saturated rings. The molecule has 4 rings (SSSR count). The van der Waals surface area contributed by atoms with Crippen molar-refractivity contribution >= 4 is 32.3 Å². The summed E-state index contributed by atoms with van der Waals surface area (Å²) >= 11 is 0. The Morgan fingerprint density at radius 2 is 1.61 bits per heavy atom. The maximum atomic E-state index is 3.37. The molecule has 4 aromatic carbocycles. The Hall–Kier alpha value is -2.34. The predicted octanol–water partition coefficient (Wildman–Crippen LogP) is 4.75. The summed E-state index contributed by atoms with van der Waals surface area (Å²) in [6.07, 6.45) is 0. The highest BCUT2D eigenvalue weighted by molar-refractivity contribution is 6.16. The van der Waals surface area contributed by atoms with Gasteiger partial charge < -0.3 is 0 Å². The van der Waals surface area contributed by atoms with Gasteiger partial charge in [0.15, 0.2) is 0 Å². The summed E-state index contributed by atoms with van der Waals surface area (Å²) in [5.74, 6) is 0. The molecule has 4 aromatic rings. The van der Waals surface area contributed by atoms with E-state index in [1.807, 2.05) is 12.1 Å². The molecule has 0 saturated heterocycles. The second-order valence-corrected chi connectivity index (χ2v) is 4.50. The van der Waals surface area contributed by atoms with Gasteiger partial charge in [-0.1, -0.05) is 54.6 Å². The third-order valence-electron chi connectivity index (χ3n) is 3.47. The molecule has 0 heterocycles. The highest BCUT2D eigenvalue weighted by atomic mass is 14.1. The van der Waals surface area contributed by atoms with Crippen LogP contribution in [0.15, 0.2) is 60.7 Å². The van der Waals surface area contributed by atoms with Crippen LogP contribution < -0.4 is 0 Å². The molecule has 82 valence electrons. The maximum Gasteiger partial charge on any atom is -0.00262 e. The lowest BCUT2D eigenvalue weighted by Crippen LogP contribution is -1.80. The second kappa shape index (κ2) is 3.58. The first kappa shape index (κ1) is 9.67. The lowest BCUT2D eigenvalue weighted by molar-refractivity contribution is 1.76. The molecule has 0 aromatic heterocycles. The molecule has 0 aliphatic heterocycles. The minimum absolute atomic E-state index is 1.17. The number of fused-ring (bicyclic) bond motifs is 5. The molecule has 0 saturated carbocycles. The molecule has 0 nitrogen and oxygen atoms in total. The molecule has 0 spiro atoms. The van der Waals surface area contributed by atoms with E-state index in [1.54, 1.807) is 0 Å². The summed E-state index contributed by atoms with van der Waals surface area (Å²) in [6.45, 7) is 0. The first-order valence-electron chi connectivity index (χ1n) is 6.06. The van der Waals surface area contributed by atoms with E-state index in [0.29, 0.717) is 0 Å². The molecule has 0 heteroatoms. The first-order chi connectivity index (χ1) is 8.93. The van der Waals surface area contributed by atoms with Crippen LogP contribution in [0.3, 0.4) is 0 Å². The molecule has 0 bridgehead atoms. The van der Waals surface area contributed by atoms with Gasteiger partial charge in [-0.05, 0) is 50.5 Å². The SMILES string of the molecule is [c]1cc2c3[c]cccc3ccc2c2ccccc12. The van der Waals surface area contributed by atoms with Crippen molar-refractivity contribution in [2.75, 3.05) is 0 Å². The van der Waals surface area contributed by atoms with Crippen LogP contribution in [-0.4, -0.2) is 0 Å². The van der Waals surface area contributed by atoms with E-state index in [1.165, 1.54) is 32.3 Å². The lowest BCUT2D eigenvalue weighted by Gasteiger charge is -2.06. The Balaban J connectivity index is 2.31. The van der Waals surface area contributed by atoms with Gasteiger partial charge in [-0.2, -0.15) is 0 Å². The molecular weight excluding hydrogens is 216 g/mol. The number of rotatable bonds is 0. The fourth-order valence-corrected chi connectivity index (χ4v) is 2.60. The summed E-state index contributed by atoms with van der Waals surface area (Å²) in [5.41, 5.74) is 0. The highest BCUT2D eigenvalue weighted by Gasteiger charge is 2.03. The summed E-state index contributed by atoms with van der Waals surface area (Å²) in [7, 11) is 0. The van der Waals surface area contributed by atoms with E-state index in [4.69, 9.17) is 0 Å². The Morgan fingerprint density at radius 3 is 2.61 bits per heavy atom. The molecule has 2 radical (unpaired) electrons. The number of benzene rings is 4. The van der Waals surface area contributed by atoms with Crippen molar-refractivity contribution in [3.8, 4) is 0 Å². The Bertz CT molecular complexity index is 797. The van der Waals surface area contributed by atoms with Gasteiger partial charge in [0.2, 0.25) is 0 Å². The minimum atomic E-state index is 1.17. The summed E-state index contributed by atoms with van der Waals surface area (Å²) in [6, 6.07) is 27.7. The van der Waals surface area contributed by atoms with E-state index in [-0.39, 0.29) is 0 Å². The maximum absolute atomic E-state index is 3.37. The van der Waals surface area contributed by atoms with Crippen LogP contribution in [0.5, 0.6) is 0 Å². The lowest BCUT2D eigenvalue weighted by atomic mass is 9.97. The third-order valence-corrected chi connectivity index (χ3v) is 3.47. The van der Waals surface area contributed by atoms with Crippen molar-refractivity contribution in [3.63, 3.8) is 0 Å². The molecular formula is C18H10. The van der Waals surface area contributed by atoms with E-state index in [0.717, 1.165) is 0 Å². The average Bonchev–Trinajstić information content (AvgIpc) is 2.46. The van der Waals surface area contributed by atoms with E-state index >= 15 is 0 Å². The zero-order valence-corrected chi connectivity index (χ0v) is 9.77. The van der Waals surface area contributed by atoms with E-state index in [2.05, 4.69) is 60.7 Å². The van der Waals surface area contributed by atoms with Crippen LogP contribution in [0.25, 0.3) is 32.3 Å². The summed E-state index contributed by atoms with van der Waals surface area (Å²) in [5, 5.41) is 7.34. The van der Waals surface area contributed by atoms with E-state index in [9.17, 15) is 0 Å². The zero-order valence-electron chi connectivity index (χ0n) is 9.77. The normalized spacial score (nSPS) is 11.3. The van der Waals surface area contributed by atoms with Crippen LogP contribution in [-0.2, 0) is 0 Å².